The molecule has 2 amide bonds. The number of anilines is 1. The number of amides is 2. The average molecular weight is 482 g/mol. The highest BCUT2D eigenvalue weighted by Crippen LogP contribution is 2.33. The molecule has 0 fully saturated rings. The lowest BCUT2D eigenvalue weighted by Crippen LogP contribution is -2.35. The molecule has 35 heavy (non-hydrogen) atoms. The first kappa shape index (κ1) is 25.2. The van der Waals surface area contributed by atoms with Crippen molar-refractivity contribution in [1.82, 2.24) is 15.1 Å². The normalized spacial score (nSPS) is 12.0. The van der Waals surface area contributed by atoms with Crippen LogP contribution in [0.3, 0.4) is 0 Å². The number of ether oxygens (including phenoxy) is 2. The number of nitrogens with zero attached hydrogens (tertiary/aromatic N) is 3. The van der Waals surface area contributed by atoms with E-state index in [1.165, 1.54) is 30.0 Å². The summed E-state index contributed by atoms with van der Waals surface area (Å²) in [4.78, 5) is 35.4. The van der Waals surface area contributed by atoms with Crippen molar-refractivity contribution in [2.75, 3.05) is 12.4 Å². The van der Waals surface area contributed by atoms with Crippen molar-refractivity contribution >= 4 is 34.5 Å². The van der Waals surface area contributed by atoms with Crippen molar-refractivity contribution in [2.24, 2.45) is 0 Å². The third-order valence-electron chi connectivity index (χ3n) is 4.87. The molecule has 2 aromatic carbocycles. The molecule has 0 radical (unpaired) electrons. The molecule has 11 heteroatoms. The standard InChI is InChI=1S/C24H27N5O6/c1-6-9-17(26-23(31)35-24(2,3)4)21-16-10-7-8-11-18(16)28(27-21)19-13-12-15(25-22(30)34-5)14-20(19)29(32)33/h6-8,10-14,17H,1,9H2,2-5H3,(H,25,30)(H,26,31)/t17-/m0/s1. The number of fused-ring (bicyclic) bond motifs is 1. The van der Waals surface area contributed by atoms with Gasteiger partial charge < -0.3 is 14.8 Å². The number of para-hydroxylation sites is 1. The van der Waals surface area contributed by atoms with E-state index in [-0.39, 0.29) is 17.1 Å². The number of carbonyl (C=O) groups is 2. The fourth-order valence-corrected chi connectivity index (χ4v) is 3.48. The van der Waals surface area contributed by atoms with Gasteiger partial charge in [0.25, 0.3) is 5.69 Å². The molecule has 1 atom stereocenters. The first-order valence-corrected chi connectivity index (χ1v) is 10.8. The minimum atomic E-state index is -0.751. The van der Waals surface area contributed by atoms with E-state index < -0.39 is 28.8 Å². The van der Waals surface area contributed by atoms with E-state index in [9.17, 15) is 19.7 Å². The summed E-state index contributed by atoms with van der Waals surface area (Å²) in [7, 11) is 1.19. The summed E-state index contributed by atoms with van der Waals surface area (Å²) in [6, 6.07) is 10.8. The van der Waals surface area contributed by atoms with Crippen LogP contribution >= 0.6 is 0 Å². The number of alkyl carbamates (subject to hydrolysis) is 1. The molecule has 0 aliphatic carbocycles. The Balaban J connectivity index is 2.12. The zero-order chi connectivity index (χ0) is 25.8. The summed E-state index contributed by atoms with van der Waals surface area (Å²) in [6.07, 6.45) is 0.627. The van der Waals surface area contributed by atoms with Crippen LogP contribution in [0, 0.1) is 10.1 Å². The van der Waals surface area contributed by atoms with E-state index in [2.05, 4.69) is 27.0 Å². The summed E-state index contributed by atoms with van der Waals surface area (Å²) in [6.45, 7) is 9.05. The molecule has 184 valence electrons. The molecule has 0 unspecified atom stereocenters. The lowest BCUT2D eigenvalue weighted by Gasteiger charge is -2.22. The molecule has 1 aromatic heterocycles. The number of methoxy groups -OCH3 is 1. The smallest absolute Gasteiger partial charge is 0.411 e. The maximum absolute atomic E-state index is 12.5. The molecular weight excluding hydrogens is 454 g/mol. The lowest BCUT2D eigenvalue weighted by atomic mass is 10.1. The van der Waals surface area contributed by atoms with Gasteiger partial charge in [0.15, 0.2) is 0 Å². The van der Waals surface area contributed by atoms with Crippen molar-refractivity contribution in [2.45, 2.75) is 38.8 Å². The quantitative estimate of drug-likeness (QED) is 0.267. The third kappa shape index (κ3) is 5.94. The second kappa shape index (κ2) is 10.2. The highest BCUT2D eigenvalue weighted by Gasteiger charge is 2.26. The van der Waals surface area contributed by atoms with Crippen LogP contribution in [0.1, 0.15) is 38.9 Å². The highest BCUT2D eigenvalue weighted by atomic mass is 16.6. The van der Waals surface area contributed by atoms with Crippen molar-refractivity contribution in [3.63, 3.8) is 0 Å². The Hall–Kier alpha value is -4.41. The first-order chi connectivity index (χ1) is 16.5. The highest BCUT2D eigenvalue weighted by molar-refractivity contribution is 5.87. The Morgan fingerprint density at radius 1 is 1.23 bits per heavy atom. The number of carbonyl (C=O) groups excluding carboxylic acids is 2. The van der Waals surface area contributed by atoms with E-state index in [1.54, 1.807) is 39.0 Å². The van der Waals surface area contributed by atoms with Gasteiger partial charge >= 0.3 is 12.2 Å². The number of rotatable bonds is 7. The van der Waals surface area contributed by atoms with Crippen LogP contribution in [0.5, 0.6) is 0 Å². The SMILES string of the molecule is C=CC[C@H](NC(=O)OC(C)(C)C)c1nn(-c2ccc(NC(=O)OC)cc2[N+](=O)[O-])c2ccccc12. The summed E-state index contributed by atoms with van der Waals surface area (Å²) in [5.41, 5.74) is 0.503. The molecule has 3 aromatic rings. The predicted molar refractivity (Wildman–Crippen MR) is 131 cm³/mol. The van der Waals surface area contributed by atoms with Gasteiger partial charge in [-0.3, -0.25) is 15.4 Å². The van der Waals surface area contributed by atoms with Gasteiger partial charge in [-0.25, -0.2) is 14.3 Å². The fourth-order valence-electron chi connectivity index (χ4n) is 3.48. The van der Waals surface area contributed by atoms with Crippen LogP contribution in [-0.4, -0.2) is 39.6 Å². The van der Waals surface area contributed by atoms with Crippen LogP contribution in [0.25, 0.3) is 16.6 Å². The fraction of sp³-hybridized carbons (Fsp3) is 0.292. The minimum absolute atomic E-state index is 0.183. The Labute approximate surface area is 201 Å². The van der Waals surface area contributed by atoms with Crippen LogP contribution in [0.4, 0.5) is 21.0 Å². The van der Waals surface area contributed by atoms with Gasteiger partial charge in [-0.1, -0.05) is 24.3 Å². The molecule has 2 N–H and O–H groups in total. The van der Waals surface area contributed by atoms with Gasteiger partial charge in [0, 0.05) is 11.5 Å². The number of aromatic nitrogens is 2. The Bertz CT molecular complexity index is 1280. The Morgan fingerprint density at radius 2 is 1.94 bits per heavy atom. The number of hydrogen-bond donors (Lipinski definition) is 2. The molecule has 0 spiro atoms. The Morgan fingerprint density at radius 3 is 2.57 bits per heavy atom. The predicted octanol–water partition coefficient (Wildman–Crippen LogP) is 5.25. The molecule has 0 saturated heterocycles. The molecule has 11 nitrogen and oxygen atoms in total. The van der Waals surface area contributed by atoms with Gasteiger partial charge in [-0.15, -0.1) is 6.58 Å². The van der Waals surface area contributed by atoms with Crippen LogP contribution in [0.15, 0.2) is 55.1 Å². The topological polar surface area (TPSA) is 138 Å². The van der Waals surface area contributed by atoms with Crippen molar-refractivity contribution in [3.8, 4) is 5.69 Å². The largest absolute Gasteiger partial charge is 0.453 e. The number of hydrogen-bond acceptors (Lipinski definition) is 7. The molecular formula is C24H27N5O6. The summed E-state index contributed by atoms with van der Waals surface area (Å²) < 4.78 is 11.4. The zero-order valence-electron chi connectivity index (χ0n) is 19.9. The minimum Gasteiger partial charge on any atom is -0.453 e. The summed E-state index contributed by atoms with van der Waals surface area (Å²) >= 11 is 0. The number of nitrogens with one attached hydrogen (secondary N) is 2. The van der Waals surface area contributed by atoms with E-state index in [0.717, 1.165) is 0 Å². The molecule has 1 heterocycles. The van der Waals surface area contributed by atoms with Crippen LogP contribution in [0.2, 0.25) is 0 Å². The molecule has 0 saturated carbocycles. The monoisotopic (exact) mass is 481 g/mol. The maximum Gasteiger partial charge on any atom is 0.411 e. The summed E-state index contributed by atoms with van der Waals surface area (Å²) in [5.74, 6) is 0. The van der Waals surface area contributed by atoms with Crippen molar-refractivity contribution < 1.29 is 24.0 Å². The third-order valence-corrected chi connectivity index (χ3v) is 4.87. The number of nitro groups is 1. The van der Waals surface area contributed by atoms with E-state index in [4.69, 9.17) is 4.74 Å². The Kier molecular flexibility index (Phi) is 7.38. The zero-order valence-corrected chi connectivity index (χ0v) is 19.9. The summed E-state index contributed by atoms with van der Waals surface area (Å²) in [5, 5.41) is 22.5. The van der Waals surface area contributed by atoms with Gasteiger partial charge in [-0.2, -0.15) is 5.10 Å². The molecule has 0 aliphatic heterocycles. The van der Waals surface area contributed by atoms with Crippen molar-refractivity contribution in [3.05, 3.63) is 70.9 Å². The number of benzene rings is 2. The second-order valence-corrected chi connectivity index (χ2v) is 8.61. The van der Waals surface area contributed by atoms with Gasteiger partial charge in [-0.05, 0) is 45.4 Å². The second-order valence-electron chi connectivity index (χ2n) is 8.61. The first-order valence-electron chi connectivity index (χ1n) is 10.8. The van der Waals surface area contributed by atoms with Crippen LogP contribution in [-0.2, 0) is 9.47 Å². The van der Waals surface area contributed by atoms with Crippen LogP contribution < -0.4 is 10.6 Å². The van der Waals surface area contributed by atoms with E-state index in [0.29, 0.717) is 23.0 Å². The van der Waals surface area contributed by atoms with E-state index >= 15 is 0 Å². The average Bonchev–Trinajstić information content (AvgIpc) is 3.17. The van der Waals surface area contributed by atoms with Gasteiger partial charge in [0.1, 0.15) is 11.3 Å². The van der Waals surface area contributed by atoms with Crippen molar-refractivity contribution in [1.29, 1.82) is 0 Å². The molecule has 0 aliphatic rings. The molecule has 3 rings (SSSR count). The lowest BCUT2D eigenvalue weighted by molar-refractivity contribution is -0.384. The van der Waals surface area contributed by atoms with E-state index in [1.807, 2.05) is 12.1 Å². The van der Waals surface area contributed by atoms with Gasteiger partial charge in [0.05, 0.1) is 35.0 Å². The number of nitro benzene ring substituents is 1. The molecule has 0 bridgehead atoms. The maximum atomic E-state index is 12.5. The van der Waals surface area contributed by atoms with Gasteiger partial charge in [0.2, 0.25) is 0 Å².